The molecule has 1 amide bonds. The van der Waals surface area contributed by atoms with Crippen molar-refractivity contribution in [1.82, 2.24) is 14.3 Å². The fourth-order valence-electron chi connectivity index (χ4n) is 4.26. The molecule has 0 N–H and O–H groups in total. The quantitative estimate of drug-likeness (QED) is 0.603. The van der Waals surface area contributed by atoms with Crippen molar-refractivity contribution < 1.29 is 23.8 Å². The monoisotopic (exact) mass is 421 g/mol. The SMILES string of the molecule is Cc1nc2c(O[C@@H]3c4ccccc4C[C@H]3OC(=O)N3CCOCC3)cccn2c1C=O. The van der Waals surface area contributed by atoms with Crippen molar-refractivity contribution in [3.05, 3.63) is 65.1 Å². The third-order valence-corrected chi connectivity index (χ3v) is 5.84. The second-order valence-corrected chi connectivity index (χ2v) is 7.73. The summed E-state index contributed by atoms with van der Waals surface area (Å²) in [6.45, 7) is 3.86. The number of carbonyl (C=O) groups is 2. The molecule has 3 heterocycles. The molecule has 0 spiro atoms. The number of hydrogen-bond acceptors (Lipinski definition) is 6. The Morgan fingerprint density at radius 2 is 2.00 bits per heavy atom. The van der Waals surface area contributed by atoms with Crippen molar-refractivity contribution in [3.63, 3.8) is 0 Å². The van der Waals surface area contributed by atoms with E-state index in [1.807, 2.05) is 36.4 Å². The van der Waals surface area contributed by atoms with Crippen molar-refractivity contribution in [1.29, 1.82) is 0 Å². The molecular weight excluding hydrogens is 398 g/mol. The summed E-state index contributed by atoms with van der Waals surface area (Å²) in [5, 5.41) is 0. The van der Waals surface area contributed by atoms with Crippen LogP contribution in [0, 0.1) is 6.92 Å². The van der Waals surface area contributed by atoms with Crippen molar-refractivity contribution in [3.8, 4) is 5.75 Å². The predicted molar refractivity (Wildman–Crippen MR) is 111 cm³/mol. The van der Waals surface area contributed by atoms with Gasteiger partial charge in [0.1, 0.15) is 11.8 Å². The highest BCUT2D eigenvalue weighted by Gasteiger charge is 2.38. The van der Waals surface area contributed by atoms with Gasteiger partial charge in [-0.15, -0.1) is 0 Å². The molecule has 3 aromatic rings. The first-order chi connectivity index (χ1) is 15.2. The standard InChI is InChI=1S/C23H23N3O5/c1-15-18(14-27)26-8-4-7-19(22(26)24-15)30-21-17-6-3-2-5-16(17)13-20(21)31-23(28)25-9-11-29-12-10-25/h2-8,14,20-21H,9-13H2,1H3/t20-,21-/m1/s1. The van der Waals surface area contributed by atoms with Crippen LogP contribution in [-0.4, -0.2) is 59.1 Å². The van der Waals surface area contributed by atoms with E-state index in [4.69, 9.17) is 14.2 Å². The molecule has 0 radical (unpaired) electrons. The van der Waals surface area contributed by atoms with Gasteiger partial charge in [-0.25, -0.2) is 9.78 Å². The molecular formula is C23H23N3O5. The number of nitrogens with zero attached hydrogens (tertiary/aromatic N) is 3. The molecule has 31 heavy (non-hydrogen) atoms. The van der Waals surface area contributed by atoms with Crippen LogP contribution in [0.2, 0.25) is 0 Å². The summed E-state index contributed by atoms with van der Waals surface area (Å²) in [4.78, 5) is 30.4. The third kappa shape index (κ3) is 3.53. The number of pyridine rings is 1. The minimum Gasteiger partial charge on any atom is -0.478 e. The van der Waals surface area contributed by atoms with Crippen LogP contribution in [0.4, 0.5) is 4.79 Å². The molecule has 1 aliphatic carbocycles. The zero-order valence-electron chi connectivity index (χ0n) is 17.2. The lowest BCUT2D eigenvalue weighted by molar-refractivity contribution is -0.0135. The van der Waals surface area contributed by atoms with Crippen LogP contribution in [0.1, 0.15) is 33.4 Å². The van der Waals surface area contributed by atoms with Crippen molar-refractivity contribution in [2.75, 3.05) is 26.3 Å². The first-order valence-corrected chi connectivity index (χ1v) is 10.4. The maximum atomic E-state index is 12.7. The Hall–Kier alpha value is -3.39. The van der Waals surface area contributed by atoms with Gasteiger partial charge in [0.05, 0.1) is 18.9 Å². The molecule has 8 heteroatoms. The number of carbonyl (C=O) groups excluding carboxylic acids is 2. The third-order valence-electron chi connectivity index (χ3n) is 5.84. The van der Waals surface area contributed by atoms with E-state index in [0.717, 1.165) is 17.4 Å². The summed E-state index contributed by atoms with van der Waals surface area (Å²) in [6, 6.07) is 11.6. The topological polar surface area (TPSA) is 82.4 Å². The minimum atomic E-state index is -0.468. The zero-order valence-corrected chi connectivity index (χ0v) is 17.2. The number of imidazole rings is 1. The number of ether oxygens (including phenoxy) is 3. The van der Waals surface area contributed by atoms with Gasteiger partial charge in [-0.2, -0.15) is 0 Å². The lowest BCUT2D eigenvalue weighted by atomic mass is 10.1. The minimum absolute atomic E-state index is 0.354. The van der Waals surface area contributed by atoms with E-state index in [1.165, 1.54) is 0 Å². The van der Waals surface area contributed by atoms with Crippen LogP contribution in [0.5, 0.6) is 5.75 Å². The number of amides is 1. The van der Waals surface area contributed by atoms with E-state index in [2.05, 4.69) is 4.98 Å². The number of benzene rings is 1. The molecule has 1 aromatic carbocycles. The number of hydrogen-bond donors (Lipinski definition) is 0. The summed E-state index contributed by atoms with van der Waals surface area (Å²) >= 11 is 0. The maximum absolute atomic E-state index is 12.7. The highest BCUT2D eigenvalue weighted by Crippen LogP contribution is 2.38. The van der Waals surface area contributed by atoms with Gasteiger partial charge in [0.25, 0.3) is 0 Å². The largest absolute Gasteiger partial charge is 0.478 e. The smallest absolute Gasteiger partial charge is 0.410 e. The van der Waals surface area contributed by atoms with Crippen molar-refractivity contribution in [2.24, 2.45) is 0 Å². The number of morpholine rings is 1. The molecule has 1 saturated heterocycles. The lowest BCUT2D eigenvalue weighted by Crippen LogP contribution is -2.43. The van der Waals surface area contributed by atoms with Gasteiger partial charge in [-0.3, -0.25) is 9.20 Å². The lowest BCUT2D eigenvalue weighted by Gasteiger charge is -2.29. The highest BCUT2D eigenvalue weighted by atomic mass is 16.6. The van der Waals surface area contributed by atoms with Crippen LogP contribution in [0.15, 0.2) is 42.6 Å². The van der Waals surface area contributed by atoms with E-state index >= 15 is 0 Å². The summed E-state index contributed by atoms with van der Waals surface area (Å²) in [5.41, 5.74) is 3.76. The summed E-state index contributed by atoms with van der Waals surface area (Å²) < 4.78 is 19.4. The molecule has 2 aromatic heterocycles. The van der Waals surface area contributed by atoms with Crippen LogP contribution in [0.3, 0.4) is 0 Å². The molecule has 0 unspecified atom stereocenters. The van der Waals surface area contributed by atoms with Gasteiger partial charge in [0.15, 0.2) is 23.8 Å². The van der Waals surface area contributed by atoms with Crippen LogP contribution in [-0.2, 0) is 15.9 Å². The van der Waals surface area contributed by atoms with Crippen LogP contribution >= 0.6 is 0 Å². The number of aryl methyl sites for hydroxylation is 1. The second kappa shape index (κ2) is 8.03. The molecule has 2 atom stereocenters. The van der Waals surface area contributed by atoms with Gasteiger partial charge >= 0.3 is 6.09 Å². The molecule has 5 rings (SSSR count). The van der Waals surface area contributed by atoms with E-state index in [9.17, 15) is 9.59 Å². The van der Waals surface area contributed by atoms with E-state index in [0.29, 0.717) is 55.5 Å². The van der Waals surface area contributed by atoms with Gasteiger partial charge in [-0.1, -0.05) is 24.3 Å². The van der Waals surface area contributed by atoms with Crippen LogP contribution in [0.25, 0.3) is 5.65 Å². The Balaban J connectivity index is 1.46. The molecule has 8 nitrogen and oxygen atoms in total. The van der Waals surface area contributed by atoms with Crippen LogP contribution < -0.4 is 4.74 Å². The fourth-order valence-corrected chi connectivity index (χ4v) is 4.26. The Morgan fingerprint density at radius 3 is 2.81 bits per heavy atom. The number of aldehydes is 1. The Labute approximate surface area is 179 Å². The predicted octanol–water partition coefficient (Wildman–Crippen LogP) is 2.97. The maximum Gasteiger partial charge on any atom is 0.410 e. The summed E-state index contributed by atoms with van der Waals surface area (Å²) in [5.74, 6) is 0.535. The van der Waals surface area contributed by atoms with Gasteiger partial charge in [-0.05, 0) is 30.2 Å². The number of fused-ring (bicyclic) bond motifs is 2. The van der Waals surface area contributed by atoms with Gasteiger partial charge in [0, 0.05) is 25.7 Å². The molecule has 1 aliphatic heterocycles. The molecule has 2 aliphatic rings. The Bertz CT molecular complexity index is 1140. The summed E-state index contributed by atoms with van der Waals surface area (Å²) in [6.07, 6.45) is 1.86. The molecule has 0 bridgehead atoms. The van der Waals surface area contributed by atoms with E-state index < -0.39 is 12.2 Å². The highest BCUT2D eigenvalue weighted by molar-refractivity contribution is 5.77. The normalized spacial score (nSPS) is 20.5. The van der Waals surface area contributed by atoms with Gasteiger partial charge < -0.3 is 19.1 Å². The summed E-state index contributed by atoms with van der Waals surface area (Å²) in [7, 11) is 0. The first kappa shape index (κ1) is 19.6. The Morgan fingerprint density at radius 1 is 1.19 bits per heavy atom. The van der Waals surface area contributed by atoms with Gasteiger partial charge in [0.2, 0.25) is 0 Å². The Kier molecular flexibility index (Phi) is 5.07. The molecule has 0 saturated carbocycles. The average molecular weight is 421 g/mol. The molecule has 1 fully saturated rings. The fraction of sp³-hybridized carbons (Fsp3) is 0.348. The van der Waals surface area contributed by atoms with Crippen molar-refractivity contribution in [2.45, 2.75) is 25.6 Å². The second-order valence-electron chi connectivity index (χ2n) is 7.73. The van der Waals surface area contributed by atoms with E-state index in [1.54, 1.807) is 22.4 Å². The number of aromatic nitrogens is 2. The number of rotatable bonds is 4. The average Bonchev–Trinajstić information content (AvgIpc) is 3.31. The van der Waals surface area contributed by atoms with E-state index in [-0.39, 0.29) is 6.09 Å². The zero-order chi connectivity index (χ0) is 21.4. The van der Waals surface area contributed by atoms with Crippen molar-refractivity contribution >= 4 is 18.0 Å². The first-order valence-electron chi connectivity index (χ1n) is 10.4. The molecule has 160 valence electrons.